The molecule has 0 aromatic carbocycles. The number of carboxylic acids is 2. The third kappa shape index (κ3) is 48.0. The molecule has 0 amide bonds. The van der Waals surface area contributed by atoms with Crippen molar-refractivity contribution >= 4 is 49.7 Å². The van der Waals surface area contributed by atoms with E-state index in [-0.39, 0.29) is 50.6 Å². The average Bonchev–Trinajstić information content (AvgIpc) is 2.91. The molecule has 234 valence electrons. The Morgan fingerprint density at radius 1 is 0.325 bits per heavy atom. The molecule has 0 bridgehead atoms. The Hall–Kier alpha value is 0.200. The minimum absolute atomic E-state index is 0. The molecule has 0 saturated heterocycles. The molecule has 0 unspecified atom stereocenters. The van der Waals surface area contributed by atoms with Crippen LogP contribution in [0.15, 0.2) is 0 Å². The van der Waals surface area contributed by atoms with E-state index < -0.39 is 11.9 Å². The summed E-state index contributed by atoms with van der Waals surface area (Å²) in [5.74, 6) is -1.81. The summed E-state index contributed by atoms with van der Waals surface area (Å²) in [7, 11) is 0. The van der Waals surface area contributed by atoms with Gasteiger partial charge in [0.15, 0.2) is 0 Å². The Labute approximate surface area is 280 Å². The maximum absolute atomic E-state index is 10.2. The monoisotopic (exact) mass is 592 g/mol. The second kappa shape index (κ2) is 41.3. The summed E-state index contributed by atoms with van der Waals surface area (Å²) in [4.78, 5) is 20.4. The number of aliphatic carboxylic acids is 2. The van der Waals surface area contributed by atoms with Gasteiger partial charge in [-0.2, -0.15) is 0 Å². The van der Waals surface area contributed by atoms with Gasteiger partial charge in [0.25, 0.3) is 0 Å². The van der Waals surface area contributed by atoms with E-state index in [2.05, 4.69) is 13.8 Å². The topological polar surface area (TPSA) is 80.3 Å². The first-order valence-electron chi connectivity index (χ1n) is 17.4. The molecule has 5 heteroatoms. The Balaban J connectivity index is -0.000000669. The van der Waals surface area contributed by atoms with Gasteiger partial charge in [0.2, 0.25) is 0 Å². The molecule has 0 N–H and O–H groups in total. The largest absolute Gasteiger partial charge is 2.00 e. The maximum atomic E-state index is 10.2. The molecule has 0 radical (unpaired) electrons. The van der Waals surface area contributed by atoms with Crippen LogP contribution in [0.4, 0.5) is 0 Å². The van der Waals surface area contributed by atoms with E-state index in [1.54, 1.807) is 0 Å². The van der Waals surface area contributed by atoms with Crippen LogP contribution in [0.3, 0.4) is 0 Å². The molecular weight excluding hydrogens is 524 g/mol. The predicted molar refractivity (Wildman–Crippen MR) is 170 cm³/mol. The van der Waals surface area contributed by atoms with E-state index in [0.717, 1.165) is 25.7 Å². The molecule has 4 nitrogen and oxygen atoms in total. The van der Waals surface area contributed by atoms with E-state index >= 15 is 0 Å². The quantitative estimate of drug-likeness (QED) is 0.0593. The number of unbranched alkanes of at least 4 members (excludes halogenated alkanes) is 27. The van der Waals surface area contributed by atoms with E-state index in [1.807, 2.05) is 0 Å². The van der Waals surface area contributed by atoms with Crippen LogP contribution in [0.5, 0.6) is 0 Å². The van der Waals surface area contributed by atoms with Crippen molar-refractivity contribution in [3.8, 4) is 0 Å². The fourth-order valence-electron chi connectivity index (χ4n) is 5.10. The predicted octanol–water partition coefficient (Wildman–Crippen LogP) is 9.22. The molecule has 0 aromatic rings. The Bertz CT molecular complexity index is 484. The molecule has 0 rings (SSSR count). The second-order valence-corrected chi connectivity index (χ2v) is 11.8. The summed E-state index contributed by atoms with van der Waals surface area (Å²) < 4.78 is 0. The fraction of sp³-hybridized carbons (Fsp3) is 0.943. The summed E-state index contributed by atoms with van der Waals surface area (Å²) in [6.07, 6.45) is 38.3. The van der Waals surface area contributed by atoms with Gasteiger partial charge in [0.1, 0.15) is 0 Å². The van der Waals surface area contributed by atoms with E-state index in [9.17, 15) is 19.8 Å². The van der Waals surface area contributed by atoms with Gasteiger partial charge in [-0.3, -0.25) is 0 Å². The van der Waals surface area contributed by atoms with Crippen LogP contribution in [0.2, 0.25) is 0 Å². The van der Waals surface area contributed by atoms with Gasteiger partial charge in [-0.1, -0.05) is 187 Å². The smallest absolute Gasteiger partial charge is 0.550 e. The zero-order valence-electron chi connectivity index (χ0n) is 27.3. The summed E-state index contributed by atoms with van der Waals surface area (Å²) in [6, 6.07) is 0. The van der Waals surface area contributed by atoms with Gasteiger partial charge >= 0.3 is 37.7 Å². The van der Waals surface area contributed by atoms with Crippen LogP contribution in [0.1, 0.15) is 213 Å². The molecule has 0 aliphatic heterocycles. The fourth-order valence-corrected chi connectivity index (χ4v) is 5.10. The number of carbonyl (C=O) groups excluding carboxylic acids is 2. The first kappa shape index (κ1) is 44.6. The van der Waals surface area contributed by atoms with Crippen molar-refractivity contribution in [2.45, 2.75) is 213 Å². The molecule has 0 saturated carbocycles. The van der Waals surface area contributed by atoms with Crippen molar-refractivity contribution in [2.24, 2.45) is 0 Å². The zero-order chi connectivity index (χ0) is 29.1. The van der Waals surface area contributed by atoms with Crippen LogP contribution < -0.4 is 10.2 Å². The van der Waals surface area contributed by atoms with Gasteiger partial charge in [-0.15, -0.1) is 0 Å². The average molecular weight is 593 g/mol. The minimum Gasteiger partial charge on any atom is -0.550 e. The number of rotatable bonds is 31. The molecule has 0 aliphatic rings. The van der Waals surface area contributed by atoms with Crippen LogP contribution >= 0.6 is 0 Å². The van der Waals surface area contributed by atoms with E-state index in [1.165, 1.54) is 161 Å². The summed E-state index contributed by atoms with van der Waals surface area (Å²) >= 11 is 0. The van der Waals surface area contributed by atoms with Crippen molar-refractivity contribution in [1.82, 2.24) is 0 Å². The Kier molecular flexibility index (Phi) is 46.1. The van der Waals surface area contributed by atoms with Gasteiger partial charge in [0, 0.05) is 11.9 Å². The van der Waals surface area contributed by atoms with Gasteiger partial charge in [-0.05, 0) is 25.7 Å². The van der Waals surface area contributed by atoms with Gasteiger partial charge in [-0.25, -0.2) is 0 Å². The van der Waals surface area contributed by atoms with Gasteiger partial charge in [0.05, 0.1) is 0 Å². The Morgan fingerprint density at radius 2 is 0.475 bits per heavy atom. The van der Waals surface area contributed by atoms with Gasteiger partial charge < -0.3 is 19.8 Å². The third-order valence-corrected chi connectivity index (χ3v) is 7.72. The second-order valence-electron chi connectivity index (χ2n) is 11.8. The van der Waals surface area contributed by atoms with Crippen LogP contribution in [-0.2, 0) is 9.59 Å². The number of carbonyl (C=O) groups is 2. The van der Waals surface area contributed by atoms with Crippen molar-refractivity contribution in [3.63, 3.8) is 0 Å². The summed E-state index contributed by atoms with van der Waals surface area (Å²) in [6.45, 7) is 4.53. The number of carboxylic acid groups (broad SMARTS) is 2. The van der Waals surface area contributed by atoms with Crippen LogP contribution in [-0.4, -0.2) is 49.7 Å². The molecule has 40 heavy (non-hydrogen) atoms. The molecule has 0 atom stereocenters. The van der Waals surface area contributed by atoms with Crippen molar-refractivity contribution in [3.05, 3.63) is 0 Å². The molecule has 0 aliphatic carbocycles. The molecule has 0 fully saturated rings. The molecule has 0 spiro atoms. The zero-order valence-corrected chi connectivity index (χ0v) is 29.5. The van der Waals surface area contributed by atoms with E-state index in [0.29, 0.717) is 0 Å². The maximum Gasteiger partial charge on any atom is 2.00 e. The van der Waals surface area contributed by atoms with Crippen LogP contribution in [0.25, 0.3) is 0 Å². The van der Waals surface area contributed by atoms with E-state index in [4.69, 9.17) is 0 Å². The molecule has 0 heterocycles. The SMILES string of the molecule is CCCCCCCCCCCCCCCCC(=O)[O-].CCCCCCCCCCCCCCCCCC(=O)[O-].[Ca+2]. The molecule has 0 aromatic heterocycles. The third-order valence-electron chi connectivity index (χ3n) is 7.72. The Morgan fingerprint density at radius 3 is 0.625 bits per heavy atom. The van der Waals surface area contributed by atoms with Crippen LogP contribution in [0, 0.1) is 0 Å². The normalized spacial score (nSPS) is 10.6. The van der Waals surface area contributed by atoms with Crippen molar-refractivity contribution in [1.29, 1.82) is 0 Å². The standard InChI is InChI=1S/C18H36O2.C17H34O2.Ca/c1-2-3-4-5-6-7-8-9-10-11-12-13-14-15-16-17-18(19)20;1-2-3-4-5-6-7-8-9-10-11-12-13-14-15-16-17(18)19;/h2-17H2,1H3,(H,19,20);2-16H2,1H3,(H,18,19);/q;;+2/p-2. The first-order valence-corrected chi connectivity index (χ1v) is 17.4. The first-order chi connectivity index (χ1) is 19.0. The van der Waals surface area contributed by atoms with Crippen molar-refractivity contribution in [2.75, 3.05) is 0 Å². The number of hydrogen-bond donors (Lipinski definition) is 0. The minimum atomic E-state index is -0.904. The molecular formula is C35H68CaO4. The van der Waals surface area contributed by atoms with Crippen molar-refractivity contribution < 1.29 is 19.8 Å². The number of hydrogen-bond acceptors (Lipinski definition) is 4. The summed E-state index contributed by atoms with van der Waals surface area (Å²) in [5, 5.41) is 20.4. The summed E-state index contributed by atoms with van der Waals surface area (Å²) in [5.41, 5.74) is 0.